The van der Waals surface area contributed by atoms with E-state index in [1.165, 1.54) is 25.8 Å². The quantitative estimate of drug-likeness (QED) is 0.839. The molecule has 0 aliphatic heterocycles. The maximum Gasteiger partial charge on any atom is 0.144 e. The van der Waals surface area contributed by atoms with E-state index in [1.807, 2.05) is 13.0 Å². The smallest absolute Gasteiger partial charge is 0.144 e. The van der Waals surface area contributed by atoms with Crippen LogP contribution in [0.4, 0.5) is 5.82 Å². The first kappa shape index (κ1) is 13.3. The average molecular weight is 248 g/mol. The minimum atomic E-state index is 0.844. The van der Waals surface area contributed by atoms with Crippen LogP contribution >= 0.6 is 0 Å². The van der Waals surface area contributed by atoms with Crippen molar-refractivity contribution in [2.24, 2.45) is 5.92 Å². The minimum absolute atomic E-state index is 0.844. The number of rotatable bonds is 6. The highest BCUT2D eigenvalue weighted by Gasteiger charge is 2.19. The molecule has 0 spiro atoms. The van der Waals surface area contributed by atoms with Crippen molar-refractivity contribution >= 4 is 5.82 Å². The molecule has 1 saturated carbocycles. The van der Waals surface area contributed by atoms with E-state index < -0.39 is 0 Å². The summed E-state index contributed by atoms with van der Waals surface area (Å²) >= 11 is 0. The molecule has 1 aliphatic carbocycles. The Morgan fingerprint density at radius 1 is 1.39 bits per heavy atom. The van der Waals surface area contributed by atoms with Gasteiger partial charge in [0, 0.05) is 24.8 Å². The van der Waals surface area contributed by atoms with E-state index in [0.29, 0.717) is 0 Å². The number of anilines is 1. The van der Waals surface area contributed by atoms with Gasteiger partial charge in [0.25, 0.3) is 0 Å². The highest BCUT2D eigenvalue weighted by atomic mass is 15.1. The van der Waals surface area contributed by atoms with Crippen molar-refractivity contribution in [1.82, 2.24) is 14.9 Å². The van der Waals surface area contributed by atoms with E-state index in [-0.39, 0.29) is 0 Å². The Balaban J connectivity index is 1.94. The van der Waals surface area contributed by atoms with Crippen molar-refractivity contribution in [3.63, 3.8) is 0 Å². The van der Waals surface area contributed by atoms with Gasteiger partial charge in [-0.15, -0.1) is 0 Å². The predicted octanol–water partition coefficient (Wildman–Crippen LogP) is 2.45. The third kappa shape index (κ3) is 3.67. The topological polar surface area (TPSA) is 41.1 Å². The summed E-state index contributed by atoms with van der Waals surface area (Å²) in [5, 5.41) is 3.26. The van der Waals surface area contributed by atoms with Gasteiger partial charge in [-0.3, -0.25) is 4.90 Å². The molecule has 18 heavy (non-hydrogen) atoms. The number of nitrogens with one attached hydrogen (secondary N) is 1. The fourth-order valence-electron chi connectivity index (χ4n) is 2.39. The molecular formula is C14H24N4. The maximum atomic E-state index is 4.55. The molecule has 0 amide bonds. The summed E-state index contributed by atoms with van der Waals surface area (Å²) in [4.78, 5) is 11.4. The zero-order valence-electron chi connectivity index (χ0n) is 11.7. The fourth-order valence-corrected chi connectivity index (χ4v) is 2.39. The van der Waals surface area contributed by atoms with Crippen molar-refractivity contribution in [2.75, 3.05) is 25.5 Å². The van der Waals surface area contributed by atoms with Gasteiger partial charge in [-0.25, -0.2) is 9.97 Å². The summed E-state index contributed by atoms with van der Waals surface area (Å²) in [6.45, 7) is 7.02. The number of hydrogen-bond donors (Lipinski definition) is 1. The molecule has 1 N–H and O–H groups in total. The highest BCUT2D eigenvalue weighted by molar-refractivity contribution is 5.35. The van der Waals surface area contributed by atoms with Gasteiger partial charge in [0.15, 0.2) is 0 Å². The summed E-state index contributed by atoms with van der Waals surface area (Å²) < 4.78 is 0. The molecule has 4 heteroatoms. The summed E-state index contributed by atoms with van der Waals surface area (Å²) in [6, 6.07) is 2.00. The number of hydrogen-bond acceptors (Lipinski definition) is 4. The molecule has 1 aromatic rings. The minimum Gasteiger partial charge on any atom is -0.370 e. The lowest BCUT2D eigenvalue weighted by molar-refractivity contribution is 0.197. The first-order valence-corrected chi connectivity index (χ1v) is 6.94. The molecule has 1 aliphatic rings. The number of aromatic nitrogens is 2. The first-order chi connectivity index (χ1) is 8.67. The summed E-state index contributed by atoms with van der Waals surface area (Å²) in [6.07, 6.45) is 4.19. The zero-order chi connectivity index (χ0) is 13.0. The van der Waals surface area contributed by atoms with Crippen molar-refractivity contribution in [3.05, 3.63) is 17.6 Å². The second-order valence-corrected chi connectivity index (χ2v) is 5.33. The standard InChI is InChI=1S/C14H24N4/c1-4-15-13-8-11(2)16-14(17-13)10-18(3)9-12-6-5-7-12/h8,12H,4-7,9-10H2,1-3H3,(H,15,16,17). The Hall–Kier alpha value is -1.16. The highest BCUT2D eigenvalue weighted by Crippen LogP contribution is 2.26. The third-order valence-electron chi connectivity index (χ3n) is 3.46. The van der Waals surface area contributed by atoms with E-state index in [2.05, 4.69) is 34.2 Å². The van der Waals surface area contributed by atoms with Gasteiger partial charge < -0.3 is 5.32 Å². The van der Waals surface area contributed by atoms with Crippen LogP contribution in [0.15, 0.2) is 6.07 Å². The van der Waals surface area contributed by atoms with Crippen LogP contribution in [0.5, 0.6) is 0 Å². The van der Waals surface area contributed by atoms with Gasteiger partial charge >= 0.3 is 0 Å². The summed E-state index contributed by atoms with van der Waals surface area (Å²) in [7, 11) is 2.16. The van der Waals surface area contributed by atoms with Gasteiger partial charge in [0.05, 0.1) is 6.54 Å². The zero-order valence-corrected chi connectivity index (χ0v) is 11.7. The Morgan fingerprint density at radius 3 is 2.78 bits per heavy atom. The van der Waals surface area contributed by atoms with E-state index in [4.69, 9.17) is 0 Å². The fraction of sp³-hybridized carbons (Fsp3) is 0.714. The molecule has 0 bridgehead atoms. The molecule has 0 radical (unpaired) electrons. The predicted molar refractivity (Wildman–Crippen MR) is 74.6 cm³/mol. The third-order valence-corrected chi connectivity index (χ3v) is 3.46. The normalized spacial score (nSPS) is 15.8. The number of aryl methyl sites for hydroxylation is 1. The summed E-state index contributed by atoms with van der Waals surface area (Å²) in [5.41, 5.74) is 1.04. The Morgan fingerprint density at radius 2 is 2.17 bits per heavy atom. The Bertz CT molecular complexity index is 387. The van der Waals surface area contributed by atoms with Crippen LogP contribution in [0.3, 0.4) is 0 Å². The van der Waals surface area contributed by atoms with Crippen molar-refractivity contribution in [1.29, 1.82) is 0 Å². The van der Waals surface area contributed by atoms with Crippen LogP contribution in [-0.4, -0.2) is 35.0 Å². The first-order valence-electron chi connectivity index (χ1n) is 6.94. The van der Waals surface area contributed by atoms with Gasteiger partial charge in [-0.2, -0.15) is 0 Å². The van der Waals surface area contributed by atoms with Crippen LogP contribution in [0.2, 0.25) is 0 Å². The van der Waals surface area contributed by atoms with E-state index in [0.717, 1.165) is 36.3 Å². The largest absolute Gasteiger partial charge is 0.370 e. The van der Waals surface area contributed by atoms with E-state index >= 15 is 0 Å². The Kier molecular flexibility index (Phi) is 4.53. The van der Waals surface area contributed by atoms with Crippen LogP contribution < -0.4 is 5.32 Å². The van der Waals surface area contributed by atoms with Gasteiger partial charge in [0.1, 0.15) is 11.6 Å². The molecule has 2 rings (SSSR count). The molecule has 4 nitrogen and oxygen atoms in total. The lowest BCUT2D eigenvalue weighted by Crippen LogP contribution is -2.29. The van der Waals surface area contributed by atoms with Crippen molar-refractivity contribution in [3.8, 4) is 0 Å². The lowest BCUT2D eigenvalue weighted by Gasteiger charge is -2.29. The molecular weight excluding hydrogens is 224 g/mol. The molecule has 1 fully saturated rings. The van der Waals surface area contributed by atoms with Gasteiger partial charge in [0.2, 0.25) is 0 Å². The molecule has 1 aromatic heterocycles. The molecule has 0 saturated heterocycles. The monoisotopic (exact) mass is 248 g/mol. The van der Waals surface area contributed by atoms with Crippen LogP contribution in [0, 0.1) is 12.8 Å². The van der Waals surface area contributed by atoms with Crippen LogP contribution in [-0.2, 0) is 6.54 Å². The number of nitrogens with zero attached hydrogens (tertiary/aromatic N) is 3. The molecule has 100 valence electrons. The second-order valence-electron chi connectivity index (χ2n) is 5.33. The van der Waals surface area contributed by atoms with Crippen molar-refractivity contribution < 1.29 is 0 Å². The lowest BCUT2D eigenvalue weighted by atomic mass is 9.85. The second kappa shape index (κ2) is 6.14. The average Bonchev–Trinajstić information content (AvgIpc) is 2.23. The SMILES string of the molecule is CCNc1cc(C)nc(CN(C)CC2CCC2)n1. The summed E-state index contributed by atoms with van der Waals surface area (Å²) in [5.74, 6) is 2.76. The van der Waals surface area contributed by atoms with E-state index in [1.54, 1.807) is 0 Å². The van der Waals surface area contributed by atoms with Crippen LogP contribution in [0.25, 0.3) is 0 Å². The Labute approximate surface area is 110 Å². The van der Waals surface area contributed by atoms with Gasteiger partial charge in [-0.1, -0.05) is 6.42 Å². The molecule has 0 atom stereocenters. The molecule has 0 unspecified atom stereocenters. The molecule has 0 aromatic carbocycles. The van der Waals surface area contributed by atoms with Crippen molar-refractivity contribution in [2.45, 2.75) is 39.7 Å². The molecule has 1 heterocycles. The van der Waals surface area contributed by atoms with Crippen LogP contribution in [0.1, 0.15) is 37.7 Å². The van der Waals surface area contributed by atoms with E-state index in [9.17, 15) is 0 Å². The maximum absolute atomic E-state index is 4.55. The van der Waals surface area contributed by atoms with Gasteiger partial charge in [-0.05, 0) is 39.7 Å².